The third-order valence-electron chi connectivity index (χ3n) is 4.25. The van der Waals surface area contributed by atoms with E-state index in [9.17, 15) is 4.79 Å². The van der Waals surface area contributed by atoms with Gasteiger partial charge in [0.15, 0.2) is 0 Å². The lowest BCUT2D eigenvalue weighted by atomic mass is 10.1. The molecule has 1 fully saturated rings. The summed E-state index contributed by atoms with van der Waals surface area (Å²) in [6, 6.07) is 0.357. The van der Waals surface area contributed by atoms with Crippen molar-refractivity contribution in [2.45, 2.75) is 32.3 Å². The molecule has 0 radical (unpaired) electrons. The molecular weight excluding hydrogens is 322 g/mol. The average Bonchev–Trinajstić information content (AvgIpc) is 3.03. The summed E-state index contributed by atoms with van der Waals surface area (Å²) in [7, 11) is 3.28. The smallest absolute Gasteiger partial charge is 0.316 e. The molecule has 2 aromatic heterocycles. The molecule has 1 saturated heterocycles. The highest BCUT2D eigenvalue weighted by Crippen LogP contribution is 2.21. The van der Waals surface area contributed by atoms with Crippen LogP contribution in [0.4, 0.5) is 0 Å². The Hall–Kier alpha value is -2.64. The van der Waals surface area contributed by atoms with Crippen LogP contribution < -0.4 is 9.47 Å². The number of carbonyl (C=O) groups is 1. The maximum atomic E-state index is 12.8. The summed E-state index contributed by atoms with van der Waals surface area (Å²) in [5.74, 6) is 0.245. The van der Waals surface area contributed by atoms with E-state index in [2.05, 4.69) is 22.0 Å². The van der Waals surface area contributed by atoms with E-state index < -0.39 is 0 Å². The zero-order valence-electron chi connectivity index (χ0n) is 14.8. The van der Waals surface area contributed by atoms with Gasteiger partial charge in [-0.1, -0.05) is 6.92 Å². The van der Waals surface area contributed by atoms with Crippen LogP contribution in [-0.4, -0.2) is 56.9 Å². The number of nitrogens with zero attached hydrogens (tertiary/aromatic N) is 5. The Morgan fingerprint density at radius 2 is 2.12 bits per heavy atom. The molecule has 0 aromatic carbocycles. The summed E-state index contributed by atoms with van der Waals surface area (Å²) in [6.07, 6.45) is 7.73. The Morgan fingerprint density at radius 3 is 2.80 bits per heavy atom. The van der Waals surface area contributed by atoms with Crippen molar-refractivity contribution in [3.8, 4) is 11.9 Å². The molecule has 0 bridgehead atoms. The number of piperidine rings is 1. The zero-order valence-corrected chi connectivity index (χ0v) is 14.8. The minimum absolute atomic E-state index is 0.0968. The van der Waals surface area contributed by atoms with Crippen LogP contribution in [-0.2, 0) is 13.5 Å². The van der Waals surface area contributed by atoms with Gasteiger partial charge in [-0.25, -0.2) is 9.97 Å². The largest absolute Gasteiger partial charge is 0.479 e. The molecule has 0 N–H and O–H groups in total. The fourth-order valence-electron chi connectivity index (χ4n) is 2.89. The SMILES string of the molecule is CCc1cnc(OC2CCCN(C(=O)c3cn(C)nc3OC)C2)nc1. The first-order valence-corrected chi connectivity index (χ1v) is 8.45. The van der Waals surface area contributed by atoms with Gasteiger partial charge >= 0.3 is 6.01 Å². The third kappa shape index (κ3) is 3.89. The Morgan fingerprint density at radius 1 is 1.36 bits per heavy atom. The topological polar surface area (TPSA) is 82.4 Å². The average molecular weight is 345 g/mol. The van der Waals surface area contributed by atoms with Crippen molar-refractivity contribution in [3.63, 3.8) is 0 Å². The summed E-state index contributed by atoms with van der Waals surface area (Å²) < 4.78 is 12.6. The molecule has 25 heavy (non-hydrogen) atoms. The second-order valence-electron chi connectivity index (χ2n) is 6.09. The normalized spacial score (nSPS) is 17.4. The summed E-state index contributed by atoms with van der Waals surface area (Å²) in [5, 5.41) is 4.14. The highest BCUT2D eigenvalue weighted by molar-refractivity contribution is 5.96. The number of aromatic nitrogens is 4. The number of aryl methyl sites for hydroxylation is 2. The van der Waals surface area contributed by atoms with Crippen LogP contribution in [0, 0.1) is 0 Å². The Labute approximate surface area is 146 Å². The molecule has 2 aromatic rings. The van der Waals surface area contributed by atoms with Crippen LogP contribution in [0.1, 0.15) is 35.7 Å². The first-order valence-electron chi connectivity index (χ1n) is 8.45. The maximum Gasteiger partial charge on any atom is 0.316 e. The summed E-state index contributed by atoms with van der Waals surface area (Å²) >= 11 is 0. The molecule has 1 amide bonds. The van der Waals surface area contributed by atoms with E-state index in [1.165, 1.54) is 7.11 Å². The quantitative estimate of drug-likeness (QED) is 0.816. The van der Waals surface area contributed by atoms with Crippen molar-refractivity contribution in [2.75, 3.05) is 20.2 Å². The zero-order chi connectivity index (χ0) is 17.8. The van der Waals surface area contributed by atoms with Gasteiger partial charge in [-0.15, -0.1) is 5.10 Å². The Bertz CT molecular complexity index is 728. The van der Waals surface area contributed by atoms with E-state index in [1.54, 1.807) is 35.2 Å². The number of ether oxygens (including phenoxy) is 2. The van der Waals surface area contributed by atoms with Gasteiger partial charge in [0.1, 0.15) is 11.7 Å². The standard InChI is InChI=1S/C17H23N5O3/c1-4-12-8-18-17(19-9-12)25-13-6-5-7-22(10-13)16(23)14-11-21(2)20-15(14)24-3/h8-9,11,13H,4-7,10H2,1-3H3. The van der Waals surface area contributed by atoms with E-state index in [-0.39, 0.29) is 12.0 Å². The number of methoxy groups -OCH3 is 1. The molecule has 0 saturated carbocycles. The molecular formula is C17H23N5O3. The number of hydrogen-bond donors (Lipinski definition) is 0. The summed E-state index contributed by atoms with van der Waals surface area (Å²) in [4.78, 5) is 23.0. The van der Waals surface area contributed by atoms with Gasteiger partial charge < -0.3 is 14.4 Å². The van der Waals surface area contributed by atoms with Crippen molar-refractivity contribution in [1.82, 2.24) is 24.6 Å². The van der Waals surface area contributed by atoms with Gasteiger partial charge in [0.05, 0.1) is 13.7 Å². The summed E-state index contributed by atoms with van der Waals surface area (Å²) in [6.45, 7) is 3.23. The molecule has 3 heterocycles. The van der Waals surface area contributed by atoms with Gasteiger partial charge in [-0.3, -0.25) is 9.48 Å². The first kappa shape index (κ1) is 17.2. The predicted octanol–water partition coefficient (Wildman–Crippen LogP) is 1.46. The minimum Gasteiger partial charge on any atom is -0.479 e. The van der Waals surface area contributed by atoms with Crippen molar-refractivity contribution in [1.29, 1.82) is 0 Å². The molecule has 8 heteroatoms. The van der Waals surface area contributed by atoms with Gasteiger partial charge in [0.25, 0.3) is 5.91 Å². The molecule has 0 spiro atoms. The van der Waals surface area contributed by atoms with Crippen molar-refractivity contribution >= 4 is 5.91 Å². The molecule has 1 aliphatic rings. The second-order valence-corrected chi connectivity index (χ2v) is 6.09. The van der Waals surface area contributed by atoms with Gasteiger partial charge in [-0.05, 0) is 24.8 Å². The fraction of sp³-hybridized carbons (Fsp3) is 0.529. The maximum absolute atomic E-state index is 12.8. The van der Waals surface area contributed by atoms with Crippen LogP contribution in [0.15, 0.2) is 18.6 Å². The molecule has 1 aliphatic heterocycles. The molecule has 134 valence electrons. The number of likely N-dealkylation sites (tertiary alicyclic amines) is 1. The van der Waals surface area contributed by atoms with E-state index in [0.717, 1.165) is 24.8 Å². The molecule has 1 unspecified atom stereocenters. The number of amides is 1. The molecule has 8 nitrogen and oxygen atoms in total. The molecule has 1 atom stereocenters. The number of carbonyl (C=O) groups excluding carboxylic acids is 1. The summed E-state index contributed by atoms with van der Waals surface area (Å²) in [5.41, 5.74) is 1.53. The van der Waals surface area contributed by atoms with Crippen molar-refractivity contribution in [2.24, 2.45) is 7.05 Å². The molecule has 0 aliphatic carbocycles. The van der Waals surface area contributed by atoms with Gasteiger partial charge in [-0.2, -0.15) is 0 Å². The number of hydrogen-bond acceptors (Lipinski definition) is 6. The van der Waals surface area contributed by atoms with Crippen LogP contribution >= 0.6 is 0 Å². The lowest BCUT2D eigenvalue weighted by Gasteiger charge is -2.32. The highest BCUT2D eigenvalue weighted by Gasteiger charge is 2.29. The predicted molar refractivity (Wildman–Crippen MR) is 90.7 cm³/mol. The number of rotatable bonds is 5. The fourth-order valence-corrected chi connectivity index (χ4v) is 2.89. The van der Waals surface area contributed by atoms with E-state index >= 15 is 0 Å². The van der Waals surface area contributed by atoms with Crippen LogP contribution in [0.2, 0.25) is 0 Å². The second kappa shape index (κ2) is 7.50. The lowest BCUT2D eigenvalue weighted by molar-refractivity contribution is 0.0513. The first-order chi connectivity index (χ1) is 12.1. The monoisotopic (exact) mass is 345 g/mol. The van der Waals surface area contributed by atoms with E-state index in [4.69, 9.17) is 9.47 Å². The molecule has 3 rings (SSSR count). The third-order valence-corrected chi connectivity index (χ3v) is 4.25. The van der Waals surface area contributed by atoms with Crippen LogP contribution in [0.25, 0.3) is 0 Å². The van der Waals surface area contributed by atoms with Crippen molar-refractivity contribution in [3.05, 3.63) is 29.7 Å². The van der Waals surface area contributed by atoms with Crippen LogP contribution in [0.3, 0.4) is 0 Å². The Balaban J connectivity index is 1.66. The Kier molecular flexibility index (Phi) is 5.16. The minimum atomic E-state index is -0.118. The lowest BCUT2D eigenvalue weighted by Crippen LogP contribution is -2.44. The van der Waals surface area contributed by atoms with Crippen LogP contribution in [0.5, 0.6) is 11.9 Å². The van der Waals surface area contributed by atoms with Gasteiger partial charge in [0.2, 0.25) is 5.88 Å². The highest BCUT2D eigenvalue weighted by atomic mass is 16.5. The van der Waals surface area contributed by atoms with E-state index in [0.29, 0.717) is 30.5 Å². The van der Waals surface area contributed by atoms with Crippen molar-refractivity contribution < 1.29 is 14.3 Å². The van der Waals surface area contributed by atoms with E-state index in [1.807, 2.05) is 0 Å². The van der Waals surface area contributed by atoms with Gasteiger partial charge in [0, 0.05) is 32.2 Å².